The number of rotatable bonds is 6. The van der Waals surface area contributed by atoms with Gasteiger partial charge >= 0.3 is 0 Å². The van der Waals surface area contributed by atoms with Crippen LogP contribution in [0.3, 0.4) is 0 Å². The number of benzene rings is 1. The lowest BCUT2D eigenvalue weighted by molar-refractivity contribution is 0.0981. The van der Waals surface area contributed by atoms with Gasteiger partial charge in [-0.25, -0.2) is 0 Å². The zero-order chi connectivity index (χ0) is 12.0. The largest absolute Gasteiger partial charge is 0.495 e. The summed E-state index contributed by atoms with van der Waals surface area (Å²) in [4.78, 5) is 11.8. The highest BCUT2D eigenvalue weighted by Gasteiger charge is 2.12. The maximum Gasteiger partial charge on any atom is 0.165 e. The summed E-state index contributed by atoms with van der Waals surface area (Å²) in [5.74, 6) is 0.604. The third-order valence-electron chi connectivity index (χ3n) is 2.40. The first kappa shape index (κ1) is 12.3. The summed E-state index contributed by atoms with van der Waals surface area (Å²) in [6.45, 7) is 3.62. The highest BCUT2D eigenvalue weighted by atomic mass is 16.5. The minimum Gasteiger partial charge on any atom is -0.495 e. The van der Waals surface area contributed by atoms with E-state index in [-0.39, 0.29) is 5.78 Å². The Hall–Kier alpha value is -1.77. The second-order valence-electron chi connectivity index (χ2n) is 3.53. The van der Waals surface area contributed by atoms with Crippen molar-refractivity contribution < 1.29 is 9.53 Å². The monoisotopic (exact) mass is 219 g/mol. The predicted molar refractivity (Wildman–Crippen MR) is 65.8 cm³/mol. The number of unbranched alkanes of at least 4 members (excludes halogenated alkanes) is 1. The molecule has 0 saturated carbocycles. The van der Waals surface area contributed by atoms with E-state index in [1.807, 2.05) is 6.08 Å². The van der Waals surface area contributed by atoms with Crippen molar-refractivity contribution in [2.24, 2.45) is 0 Å². The average Bonchev–Trinajstić information content (AvgIpc) is 2.29. The van der Waals surface area contributed by atoms with Gasteiger partial charge in [-0.2, -0.15) is 0 Å². The molecule has 0 fully saturated rings. The molecule has 1 rings (SSSR count). The van der Waals surface area contributed by atoms with Crippen LogP contribution in [-0.4, -0.2) is 12.9 Å². The van der Waals surface area contributed by atoms with Crippen LogP contribution in [0, 0.1) is 0 Å². The van der Waals surface area contributed by atoms with Gasteiger partial charge in [-0.15, -0.1) is 6.58 Å². The smallest absolute Gasteiger partial charge is 0.165 e. The number of hydrogen-bond donors (Lipinski definition) is 1. The lowest BCUT2D eigenvalue weighted by Gasteiger charge is -2.08. The minimum atomic E-state index is 0.0539. The Morgan fingerprint density at radius 3 is 2.94 bits per heavy atom. The molecule has 0 atom stereocenters. The van der Waals surface area contributed by atoms with Crippen LogP contribution >= 0.6 is 0 Å². The van der Waals surface area contributed by atoms with Crippen molar-refractivity contribution in [1.29, 1.82) is 0 Å². The first-order chi connectivity index (χ1) is 7.70. The predicted octanol–water partition coefficient (Wildman–Crippen LogP) is 2.82. The molecule has 1 aromatic rings. The number of ketones is 1. The number of ether oxygens (including phenoxy) is 1. The Kier molecular flexibility index (Phi) is 4.58. The summed E-state index contributed by atoms with van der Waals surface area (Å²) >= 11 is 0. The quantitative estimate of drug-likeness (QED) is 0.346. The molecule has 0 unspecified atom stereocenters. The number of carbonyl (C=O) groups is 1. The van der Waals surface area contributed by atoms with Crippen LogP contribution in [0.15, 0.2) is 30.9 Å². The second kappa shape index (κ2) is 5.95. The SMILES string of the molecule is C=CCCCC(=O)c1cccc(OC)c1N. The fourth-order valence-corrected chi connectivity index (χ4v) is 1.51. The molecule has 16 heavy (non-hydrogen) atoms. The fraction of sp³-hybridized carbons (Fsp3) is 0.308. The first-order valence-electron chi connectivity index (χ1n) is 5.27. The first-order valence-corrected chi connectivity index (χ1v) is 5.27. The summed E-state index contributed by atoms with van der Waals surface area (Å²) < 4.78 is 5.07. The maximum absolute atomic E-state index is 11.8. The van der Waals surface area contributed by atoms with E-state index >= 15 is 0 Å². The summed E-state index contributed by atoms with van der Waals surface area (Å²) in [5.41, 5.74) is 6.80. The van der Waals surface area contributed by atoms with Gasteiger partial charge in [-0.05, 0) is 25.0 Å². The van der Waals surface area contributed by atoms with Gasteiger partial charge in [0.25, 0.3) is 0 Å². The van der Waals surface area contributed by atoms with Crippen LogP contribution in [0.2, 0.25) is 0 Å². The summed E-state index contributed by atoms with van der Waals surface area (Å²) in [5, 5.41) is 0. The molecule has 86 valence electrons. The van der Waals surface area contributed by atoms with Crippen molar-refractivity contribution in [2.75, 3.05) is 12.8 Å². The van der Waals surface area contributed by atoms with E-state index in [2.05, 4.69) is 6.58 Å². The maximum atomic E-state index is 11.8. The molecule has 0 heterocycles. The van der Waals surface area contributed by atoms with E-state index in [0.717, 1.165) is 12.8 Å². The van der Waals surface area contributed by atoms with Gasteiger partial charge in [0.15, 0.2) is 5.78 Å². The zero-order valence-corrected chi connectivity index (χ0v) is 9.53. The van der Waals surface area contributed by atoms with Crippen LogP contribution in [0.25, 0.3) is 0 Å². The molecule has 0 amide bonds. The molecule has 0 bridgehead atoms. The number of hydrogen-bond acceptors (Lipinski definition) is 3. The molecule has 3 heteroatoms. The van der Waals surface area contributed by atoms with Gasteiger partial charge < -0.3 is 10.5 Å². The normalized spacial score (nSPS) is 9.81. The third-order valence-corrected chi connectivity index (χ3v) is 2.40. The van der Waals surface area contributed by atoms with Crippen LogP contribution in [0.4, 0.5) is 5.69 Å². The van der Waals surface area contributed by atoms with E-state index in [1.165, 1.54) is 7.11 Å². The molecule has 1 aromatic carbocycles. The Morgan fingerprint density at radius 2 is 2.31 bits per heavy atom. The lowest BCUT2D eigenvalue weighted by Crippen LogP contribution is -2.05. The van der Waals surface area contributed by atoms with Crippen molar-refractivity contribution in [2.45, 2.75) is 19.3 Å². The molecule has 0 aromatic heterocycles. The van der Waals surface area contributed by atoms with Crippen LogP contribution in [0.5, 0.6) is 5.75 Å². The number of allylic oxidation sites excluding steroid dienone is 1. The van der Waals surface area contributed by atoms with Crippen molar-refractivity contribution in [3.05, 3.63) is 36.4 Å². The fourth-order valence-electron chi connectivity index (χ4n) is 1.51. The number of carbonyl (C=O) groups excluding carboxylic acids is 1. The van der Waals surface area contributed by atoms with E-state index < -0.39 is 0 Å². The van der Waals surface area contributed by atoms with Gasteiger partial charge in [0.05, 0.1) is 12.8 Å². The molecule has 0 saturated heterocycles. The summed E-state index contributed by atoms with van der Waals surface area (Å²) in [7, 11) is 1.54. The van der Waals surface area contributed by atoms with E-state index in [0.29, 0.717) is 23.4 Å². The third kappa shape index (κ3) is 2.86. The van der Waals surface area contributed by atoms with E-state index in [4.69, 9.17) is 10.5 Å². The second-order valence-corrected chi connectivity index (χ2v) is 3.53. The number of methoxy groups -OCH3 is 1. The molecule has 2 N–H and O–H groups in total. The van der Waals surface area contributed by atoms with Crippen molar-refractivity contribution in [3.8, 4) is 5.75 Å². The lowest BCUT2D eigenvalue weighted by atomic mass is 10.0. The Labute approximate surface area is 95.9 Å². The van der Waals surface area contributed by atoms with Crippen molar-refractivity contribution in [1.82, 2.24) is 0 Å². The highest BCUT2D eigenvalue weighted by molar-refractivity contribution is 6.01. The molecule has 0 spiro atoms. The molecule has 0 aliphatic carbocycles. The Balaban J connectivity index is 2.79. The molecule has 0 radical (unpaired) electrons. The zero-order valence-electron chi connectivity index (χ0n) is 9.53. The minimum absolute atomic E-state index is 0.0539. The highest BCUT2D eigenvalue weighted by Crippen LogP contribution is 2.26. The van der Waals surface area contributed by atoms with Gasteiger partial charge in [0.2, 0.25) is 0 Å². The molecular weight excluding hydrogens is 202 g/mol. The standard InChI is InChI=1S/C13H17NO2/c1-3-4-5-8-11(15)10-7-6-9-12(16-2)13(10)14/h3,6-7,9H,1,4-5,8,14H2,2H3. The van der Waals surface area contributed by atoms with E-state index in [9.17, 15) is 4.79 Å². The number of nitrogen functional groups attached to an aromatic ring is 1. The number of para-hydroxylation sites is 1. The van der Waals surface area contributed by atoms with Crippen LogP contribution < -0.4 is 10.5 Å². The Morgan fingerprint density at radius 1 is 1.56 bits per heavy atom. The molecule has 0 aliphatic heterocycles. The van der Waals surface area contributed by atoms with E-state index in [1.54, 1.807) is 18.2 Å². The number of Topliss-reactive ketones (excluding diaryl/α,β-unsaturated/α-hetero) is 1. The Bertz CT molecular complexity index is 386. The summed E-state index contributed by atoms with van der Waals surface area (Å²) in [6, 6.07) is 5.25. The van der Waals surface area contributed by atoms with Crippen molar-refractivity contribution >= 4 is 11.5 Å². The van der Waals surface area contributed by atoms with Crippen LogP contribution in [0.1, 0.15) is 29.6 Å². The molecule has 0 aliphatic rings. The van der Waals surface area contributed by atoms with Gasteiger partial charge in [-0.3, -0.25) is 4.79 Å². The molecule has 3 nitrogen and oxygen atoms in total. The van der Waals surface area contributed by atoms with Gasteiger partial charge in [-0.1, -0.05) is 12.1 Å². The van der Waals surface area contributed by atoms with Gasteiger partial charge in [0.1, 0.15) is 5.75 Å². The molecular formula is C13H17NO2. The topological polar surface area (TPSA) is 52.3 Å². The van der Waals surface area contributed by atoms with Crippen molar-refractivity contribution in [3.63, 3.8) is 0 Å². The number of nitrogens with two attached hydrogens (primary N) is 1. The average molecular weight is 219 g/mol. The number of anilines is 1. The van der Waals surface area contributed by atoms with Crippen LogP contribution in [-0.2, 0) is 0 Å². The van der Waals surface area contributed by atoms with Gasteiger partial charge in [0, 0.05) is 12.0 Å². The summed E-state index contributed by atoms with van der Waals surface area (Å²) in [6.07, 6.45) is 3.94.